The first-order valence-corrected chi connectivity index (χ1v) is 6.57. The highest BCUT2D eigenvalue weighted by molar-refractivity contribution is 5.86. The minimum atomic E-state index is 0.522. The molecule has 2 aromatic carbocycles. The summed E-state index contributed by atoms with van der Waals surface area (Å²) in [4.78, 5) is 0. The van der Waals surface area contributed by atoms with Gasteiger partial charge in [0.25, 0.3) is 0 Å². The Morgan fingerprint density at radius 2 is 1.63 bits per heavy atom. The largest absolute Gasteiger partial charge is 0.428 e. The van der Waals surface area contributed by atoms with Crippen molar-refractivity contribution in [2.24, 2.45) is 0 Å². The Kier molecular flexibility index (Phi) is 2.79. The fourth-order valence-corrected chi connectivity index (χ4v) is 2.39. The van der Waals surface area contributed by atoms with E-state index in [1.165, 1.54) is 10.3 Å². The van der Waals surface area contributed by atoms with Crippen LogP contribution in [-0.2, 0) is 0 Å². The van der Waals surface area contributed by atoms with Gasteiger partial charge in [-0.3, -0.25) is 0 Å². The molecule has 3 aromatic rings. The van der Waals surface area contributed by atoms with Crippen molar-refractivity contribution in [1.82, 2.24) is 4.73 Å². The van der Waals surface area contributed by atoms with Crippen LogP contribution in [0.2, 0.25) is 0 Å². The Morgan fingerprint density at radius 1 is 0.947 bits per heavy atom. The number of hydrogen-bond acceptors (Lipinski definition) is 1. The van der Waals surface area contributed by atoms with Crippen molar-refractivity contribution in [2.45, 2.75) is 19.8 Å². The first-order valence-electron chi connectivity index (χ1n) is 6.57. The zero-order valence-electron chi connectivity index (χ0n) is 11.2. The van der Waals surface area contributed by atoms with Gasteiger partial charge in [0, 0.05) is 10.9 Å². The maximum atomic E-state index is 10.2. The van der Waals surface area contributed by atoms with Gasteiger partial charge in [0.2, 0.25) is 0 Å². The average molecular weight is 251 g/mol. The Balaban J connectivity index is 2.11. The lowest BCUT2D eigenvalue weighted by Gasteiger charge is -2.07. The minimum absolute atomic E-state index is 0.522. The Morgan fingerprint density at radius 3 is 2.26 bits per heavy atom. The third kappa shape index (κ3) is 1.99. The van der Waals surface area contributed by atoms with Crippen LogP contribution in [0.15, 0.2) is 54.6 Å². The zero-order valence-corrected chi connectivity index (χ0v) is 11.2. The molecule has 0 saturated carbocycles. The summed E-state index contributed by atoms with van der Waals surface area (Å²) in [6, 6.07) is 18.2. The van der Waals surface area contributed by atoms with E-state index in [1.807, 2.05) is 30.3 Å². The van der Waals surface area contributed by atoms with Crippen LogP contribution in [0.3, 0.4) is 0 Å². The van der Waals surface area contributed by atoms with Crippen LogP contribution in [0.1, 0.15) is 25.3 Å². The van der Waals surface area contributed by atoms with E-state index in [-0.39, 0.29) is 0 Å². The highest BCUT2D eigenvalue weighted by Crippen LogP contribution is 2.28. The van der Waals surface area contributed by atoms with Crippen LogP contribution in [-0.4, -0.2) is 9.94 Å². The van der Waals surface area contributed by atoms with Crippen molar-refractivity contribution in [3.05, 3.63) is 60.2 Å². The molecule has 0 aliphatic rings. The molecule has 0 aliphatic carbocycles. The van der Waals surface area contributed by atoms with E-state index in [0.717, 1.165) is 22.2 Å². The number of benzene rings is 2. The van der Waals surface area contributed by atoms with Gasteiger partial charge in [0.15, 0.2) is 0 Å². The average Bonchev–Trinajstić information content (AvgIpc) is 2.77. The fraction of sp³-hybridized carbons (Fsp3) is 0.176. The molecule has 0 bridgehead atoms. The number of rotatable bonds is 2. The molecule has 0 spiro atoms. The molecule has 1 aromatic heterocycles. The van der Waals surface area contributed by atoms with Crippen molar-refractivity contribution < 1.29 is 5.21 Å². The molecule has 0 saturated heterocycles. The van der Waals surface area contributed by atoms with Crippen LogP contribution in [0.5, 0.6) is 0 Å². The molecule has 0 aliphatic heterocycles. The summed E-state index contributed by atoms with van der Waals surface area (Å²) in [7, 11) is 0. The highest BCUT2D eigenvalue weighted by atomic mass is 16.5. The SMILES string of the molecule is CC(C)c1ccc(-c2cc3ccccc3n2O)cc1. The maximum Gasteiger partial charge on any atom is 0.0878 e. The molecule has 0 unspecified atom stereocenters. The molecule has 96 valence electrons. The van der Waals surface area contributed by atoms with Gasteiger partial charge in [-0.2, -0.15) is 4.73 Å². The molecule has 3 rings (SSSR count). The van der Waals surface area contributed by atoms with Crippen LogP contribution >= 0.6 is 0 Å². The summed E-state index contributed by atoms with van der Waals surface area (Å²) in [6.45, 7) is 4.36. The molecule has 0 atom stereocenters. The third-order valence-electron chi connectivity index (χ3n) is 3.56. The highest BCUT2D eigenvalue weighted by Gasteiger charge is 2.09. The first kappa shape index (κ1) is 11.8. The van der Waals surface area contributed by atoms with Crippen molar-refractivity contribution in [2.75, 3.05) is 0 Å². The summed E-state index contributed by atoms with van der Waals surface area (Å²) in [5.74, 6) is 0.522. The molecule has 1 heterocycles. The Hall–Kier alpha value is -2.22. The summed E-state index contributed by atoms with van der Waals surface area (Å²) >= 11 is 0. The zero-order chi connectivity index (χ0) is 13.4. The van der Waals surface area contributed by atoms with Gasteiger partial charge in [0.1, 0.15) is 0 Å². The summed E-state index contributed by atoms with van der Waals surface area (Å²) in [5.41, 5.74) is 4.01. The van der Waals surface area contributed by atoms with Gasteiger partial charge >= 0.3 is 0 Å². The lowest BCUT2D eigenvalue weighted by molar-refractivity contribution is 0.205. The second-order valence-electron chi connectivity index (χ2n) is 5.18. The van der Waals surface area contributed by atoms with E-state index in [4.69, 9.17) is 0 Å². The number of nitrogens with zero attached hydrogens (tertiary/aromatic N) is 1. The molecule has 0 fully saturated rings. The number of aromatic nitrogens is 1. The van der Waals surface area contributed by atoms with Crippen molar-refractivity contribution in [3.63, 3.8) is 0 Å². The lowest BCUT2D eigenvalue weighted by Crippen LogP contribution is -1.93. The molecule has 2 heteroatoms. The van der Waals surface area contributed by atoms with Crippen LogP contribution < -0.4 is 0 Å². The van der Waals surface area contributed by atoms with E-state index < -0.39 is 0 Å². The van der Waals surface area contributed by atoms with Crippen LogP contribution in [0, 0.1) is 0 Å². The summed E-state index contributed by atoms with van der Waals surface area (Å²) < 4.78 is 1.26. The third-order valence-corrected chi connectivity index (χ3v) is 3.56. The van der Waals surface area contributed by atoms with E-state index in [2.05, 4.69) is 38.1 Å². The van der Waals surface area contributed by atoms with E-state index in [0.29, 0.717) is 5.92 Å². The van der Waals surface area contributed by atoms with E-state index in [1.54, 1.807) is 0 Å². The number of hydrogen-bond donors (Lipinski definition) is 1. The van der Waals surface area contributed by atoms with Crippen LogP contribution in [0.25, 0.3) is 22.2 Å². The fourth-order valence-electron chi connectivity index (χ4n) is 2.39. The van der Waals surface area contributed by atoms with Crippen molar-refractivity contribution in [1.29, 1.82) is 0 Å². The van der Waals surface area contributed by atoms with Crippen molar-refractivity contribution in [3.8, 4) is 11.3 Å². The predicted octanol–water partition coefficient (Wildman–Crippen LogP) is 4.67. The Labute approximate surface area is 112 Å². The van der Waals surface area contributed by atoms with Gasteiger partial charge in [0.05, 0.1) is 11.2 Å². The molecule has 2 nitrogen and oxygen atoms in total. The van der Waals surface area contributed by atoms with Crippen molar-refractivity contribution >= 4 is 10.9 Å². The minimum Gasteiger partial charge on any atom is -0.428 e. The summed E-state index contributed by atoms with van der Waals surface area (Å²) in [6.07, 6.45) is 0. The summed E-state index contributed by atoms with van der Waals surface area (Å²) in [5, 5.41) is 11.3. The molecule has 0 radical (unpaired) electrons. The molecular weight excluding hydrogens is 234 g/mol. The normalized spacial score (nSPS) is 11.3. The predicted molar refractivity (Wildman–Crippen MR) is 78.6 cm³/mol. The second-order valence-corrected chi connectivity index (χ2v) is 5.18. The smallest absolute Gasteiger partial charge is 0.0878 e. The van der Waals surface area contributed by atoms with Gasteiger partial charge in [-0.1, -0.05) is 56.3 Å². The lowest BCUT2D eigenvalue weighted by atomic mass is 10.0. The van der Waals surface area contributed by atoms with E-state index in [9.17, 15) is 5.21 Å². The monoisotopic (exact) mass is 251 g/mol. The second kappa shape index (κ2) is 4.47. The Bertz CT molecular complexity index is 708. The number of para-hydroxylation sites is 1. The van der Waals surface area contributed by atoms with Gasteiger partial charge in [-0.15, -0.1) is 0 Å². The standard InChI is InChI=1S/C17H17NO/c1-12(2)13-7-9-14(10-8-13)17-11-15-5-3-4-6-16(15)18(17)19/h3-12,19H,1-2H3. The van der Waals surface area contributed by atoms with E-state index >= 15 is 0 Å². The maximum absolute atomic E-state index is 10.2. The topological polar surface area (TPSA) is 25.2 Å². The van der Waals surface area contributed by atoms with Gasteiger partial charge < -0.3 is 5.21 Å². The molecule has 0 amide bonds. The quantitative estimate of drug-likeness (QED) is 0.658. The number of fused-ring (bicyclic) bond motifs is 1. The van der Waals surface area contributed by atoms with Crippen LogP contribution in [0.4, 0.5) is 0 Å². The van der Waals surface area contributed by atoms with Gasteiger partial charge in [-0.05, 0) is 23.6 Å². The first-order chi connectivity index (χ1) is 9.16. The molecule has 1 N–H and O–H groups in total. The molecular formula is C17H17NO. The molecule has 19 heavy (non-hydrogen) atoms. The van der Waals surface area contributed by atoms with Gasteiger partial charge in [-0.25, -0.2) is 0 Å².